The molecule has 0 bridgehead atoms. The molecule has 37 heavy (non-hydrogen) atoms. The summed E-state index contributed by atoms with van der Waals surface area (Å²) in [5.74, 6) is -1.84. The minimum atomic E-state index is -0.680. The Bertz CT molecular complexity index is 1560. The van der Waals surface area contributed by atoms with Crippen molar-refractivity contribution in [3.8, 4) is 16.3 Å². The van der Waals surface area contributed by atoms with Gasteiger partial charge in [0.05, 0.1) is 30.9 Å². The highest BCUT2D eigenvalue weighted by Crippen LogP contribution is 2.33. The van der Waals surface area contributed by atoms with Crippen LogP contribution >= 0.6 is 11.3 Å². The molecule has 0 unspecified atom stereocenters. The van der Waals surface area contributed by atoms with E-state index in [1.165, 1.54) is 12.1 Å². The fourth-order valence-electron chi connectivity index (χ4n) is 4.56. The lowest BCUT2D eigenvalue weighted by Gasteiger charge is -2.31. The third-order valence-corrected chi connectivity index (χ3v) is 7.37. The Morgan fingerprint density at radius 2 is 1.95 bits per heavy atom. The van der Waals surface area contributed by atoms with Gasteiger partial charge in [-0.15, -0.1) is 10.2 Å². The van der Waals surface area contributed by atoms with Crippen molar-refractivity contribution >= 4 is 17.2 Å². The number of nitrogens with zero attached hydrogens (tertiary/aromatic N) is 3. The molecule has 1 saturated heterocycles. The van der Waals surface area contributed by atoms with Crippen molar-refractivity contribution < 1.29 is 23.0 Å². The van der Waals surface area contributed by atoms with Gasteiger partial charge in [-0.25, -0.2) is 8.78 Å². The largest absolute Gasteiger partial charge is 0.483 e. The summed E-state index contributed by atoms with van der Waals surface area (Å²) < 4.78 is 40.7. The van der Waals surface area contributed by atoms with E-state index in [-0.39, 0.29) is 47.7 Å². The van der Waals surface area contributed by atoms with Gasteiger partial charge in [-0.1, -0.05) is 47.7 Å². The molecule has 2 atom stereocenters. The zero-order valence-corrected chi connectivity index (χ0v) is 20.1. The second-order valence-corrected chi connectivity index (χ2v) is 9.89. The van der Waals surface area contributed by atoms with Gasteiger partial charge in [0.15, 0.2) is 16.5 Å². The third-order valence-electron chi connectivity index (χ3n) is 6.41. The second kappa shape index (κ2) is 9.49. The number of carbonyl (C=O) groups is 1. The van der Waals surface area contributed by atoms with Crippen LogP contribution in [-0.2, 0) is 17.8 Å². The molecule has 0 aliphatic carbocycles. The van der Waals surface area contributed by atoms with E-state index >= 15 is 0 Å². The predicted molar refractivity (Wildman–Crippen MR) is 131 cm³/mol. The van der Waals surface area contributed by atoms with Crippen LogP contribution in [0.3, 0.4) is 0 Å². The number of rotatable bonds is 6. The molecule has 188 valence electrons. The highest BCUT2D eigenvalue weighted by atomic mass is 32.1. The predicted octanol–water partition coefficient (Wildman–Crippen LogP) is 3.50. The lowest BCUT2D eigenvalue weighted by atomic mass is 10.0. The van der Waals surface area contributed by atoms with Gasteiger partial charge in [-0.2, -0.15) is 0 Å². The van der Waals surface area contributed by atoms with Crippen molar-refractivity contribution in [1.29, 1.82) is 0 Å². The zero-order chi connectivity index (χ0) is 25.5. The van der Waals surface area contributed by atoms with Crippen LogP contribution in [0, 0.1) is 11.6 Å². The van der Waals surface area contributed by atoms with Crippen molar-refractivity contribution in [3.05, 3.63) is 98.4 Å². The minimum Gasteiger partial charge on any atom is -0.483 e. The molecule has 2 aromatic carbocycles. The monoisotopic (exact) mass is 522 g/mol. The lowest BCUT2D eigenvalue weighted by molar-refractivity contribution is 0.0883. The number of aromatic nitrogens is 3. The molecule has 2 aliphatic rings. The van der Waals surface area contributed by atoms with E-state index in [2.05, 4.69) is 15.5 Å². The van der Waals surface area contributed by atoms with E-state index in [1.54, 1.807) is 10.8 Å². The molecule has 11 heteroatoms. The Balaban J connectivity index is 1.41. The smallest absolute Gasteiger partial charge is 0.272 e. The first-order valence-corrected chi connectivity index (χ1v) is 12.4. The van der Waals surface area contributed by atoms with Gasteiger partial charge < -0.3 is 19.4 Å². The van der Waals surface area contributed by atoms with Crippen LogP contribution in [0.25, 0.3) is 10.6 Å². The van der Waals surface area contributed by atoms with Gasteiger partial charge in [0, 0.05) is 18.7 Å². The van der Waals surface area contributed by atoms with Crippen LogP contribution in [-0.4, -0.2) is 39.9 Å². The van der Waals surface area contributed by atoms with Crippen LogP contribution in [0.2, 0.25) is 0 Å². The first-order valence-electron chi connectivity index (χ1n) is 11.6. The maximum absolute atomic E-state index is 14.2. The average molecular weight is 523 g/mol. The SMILES string of the molecule is O=C1N[C@H]2COC[C@@H]2n2cc(-c3nnc(Cc4ccc(F)cc4F)s3)c(=O)c(OCc3ccccc3)c21. The fourth-order valence-corrected chi connectivity index (χ4v) is 5.43. The first-order chi connectivity index (χ1) is 18.0. The molecule has 6 rings (SSSR count). The number of hydrogen-bond acceptors (Lipinski definition) is 7. The number of hydrogen-bond donors (Lipinski definition) is 1. The second-order valence-electron chi connectivity index (χ2n) is 8.83. The number of amides is 1. The summed E-state index contributed by atoms with van der Waals surface area (Å²) in [6, 6.07) is 12.2. The molecular formula is C26H20F2N4O4S. The number of halogens is 2. The van der Waals surface area contributed by atoms with Gasteiger partial charge in [0.1, 0.15) is 23.2 Å². The van der Waals surface area contributed by atoms with Crippen LogP contribution in [0.5, 0.6) is 5.75 Å². The number of nitrogens with one attached hydrogen (secondary N) is 1. The maximum Gasteiger partial charge on any atom is 0.272 e. The number of ether oxygens (including phenoxy) is 2. The molecule has 4 aromatic rings. The van der Waals surface area contributed by atoms with Gasteiger partial charge >= 0.3 is 0 Å². The molecule has 1 fully saturated rings. The molecule has 0 radical (unpaired) electrons. The van der Waals surface area contributed by atoms with E-state index in [9.17, 15) is 18.4 Å². The molecule has 2 aromatic heterocycles. The molecule has 1 N–H and O–H groups in total. The summed E-state index contributed by atoms with van der Waals surface area (Å²) in [4.78, 5) is 26.7. The topological polar surface area (TPSA) is 95.3 Å². The molecule has 4 heterocycles. The van der Waals surface area contributed by atoms with Crippen molar-refractivity contribution in [2.45, 2.75) is 25.1 Å². The average Bonchev–Trinajstić information content (AvgIpc) is 3.55. The molecular weight excluding hydrogens is 502 g/mol. The van der Waals surface area contributed by atoms with Crippen LogP contribution < -0.4 is 15.5 Å². The molecule has 8 nitrogen and oxygen atoms in total. The zero-order valence-electron chi connectivity index (χ0n) is 19.3. The van der Waals surface area contributed by atoms with Crippen LogP contribution in [0.1, 0.15) is 32.7 Å². The molecule has 0 saturated carbocycles. The van der Waals surface area contributed by atoms with Gasteiger partial charge in [0.25, 0.3) is 5.91 Å². The van der Waals surface area contributed by atoms with Gasteiger partial charge in [0.2, 0.25) is 5.43 Å². The number of pyridine rings is 1. The van der Waals surface area contributed by atoms with E-state index in [4.69, 9.17) is 9.47 Å². The van der Waals surface area contributed by atoms with E-state index in [0.717, 1.165) is 23.0 Å². The van der Waals surface area contributed by atoms with E-state index in [0.29, 0.717) is 23.2 Å². The summed E-state index contributed by atoms with van der Waals surface area (Å²) in [6.45, 7) is 0.822. The Hall–Kier alpha value is -3.96. The fraction of sp³-hybridized carbons (Fsp3) is 0.231. The van der Waals surface area contributed by atoms with Crippen LogP contribution in [0.4, 0.5) is 8.78 Å². The Morgan fingerprint density at radius 3 is 2.76 bits per heavy atom. The van der Waals surface area contributed by atoms with E-state index in [1.807, 2.05) is 30.3 Å². The highest BCUT2D eigenvalue weighted by Gasteiger charge is 2.40. The van der Waals surface area contributed by atoms with Gasteiger partial charge in [-0.05, 0) is 17.2 Å². The summed E-state index contributed by atoms with van der Waals surface area (Å²) in [5, 5.41) is 12.0. The summed E-state index contributed by atoms with van der Waals surface area (Å²) >= 11 is 1.12. The summed E-state index contributed by atoms with van der Waals surface area (Å²) in [7, 11) is 0. The number of benzene rings is 2. The Kier molecular flexibility index (Phi) is 6.01. The first kappa shape index (κ1) is 23.4. The van der Waals surface area contributed by atoms with Crippen molar-refractivity contribution in [1.82, 2.24) is 20.1 Å². The molecule has 1 amide bonds. The van der Waals surface area contributed by atoms with Crippen molar-refractivity contribution in [2.75, 3.05) is 13.2 Å². The summed E-state index contributed by atoms with van der Waals surface area (Å²) in [5.41, 5.74) is 0.958. The number of carbonyl (C=O) groups excluding carboxylic acids is 1. The van der Waals surface area contributed by atoms with E-state index < -0.39 is 23.0 Å². The number of fused-ring (bicyclic) bond motifs is 3. The maximum atomic E-state index is 14.2. The normalized spacial score (nSPS) is 18.3. The lowest BCUT2D eigenvalue weighted by Crippen LogP contribution is -2.48. The highest BCUT2D eigenvalue weighted by molar-refractivity contribution is 7.14. The molecule has 2 aliphatic heterocycles. The van der Waals surface area contributed by atoms with Crippen molar-refractivity contribution in [2.24, 2.45) is 0 Å². The standard InChI is InChI=1S/C26H20F2N4O4S/c27-16-7-6-15(18(28)9-16)8-21-30-31-26(37-21)17-10-32-20-13-35-12-19(20)29-25(34)22(32)24(23(17)33)36-11-14-4-2-1-3-5-14/h1-7,9-10,19-20H,8,11-13H2,(H,29,34)/t19-,20-/m0/s1. The molecule has 0 spiro atoms. The minimum absolute atomic E-state index is 0.0782. The van der Waals surface area contributed by atoms with Crippen molar-refractivity contribution in [3.63, 3.8) is 0 Å². The summed E-state index contributed by atoms with van der Waals surface area (Å²) in [6.07, 6.45) is 1.69. The third kappa shape index (κ3) is 4.40. The van der Waals surface area contributed by atoms with Crippen LogP contribution in [0.15, 0.2) is 59.5 Å². The van der Waals surface area contributed by atoms with Gasteiger partial charge in [-0.3, -0.25) is 9.59 Å². The quantitative estimate of drug-likeness (QED) is 0.417. The Morgan fingerprint density at radius 1 is 1.11 bits per heavy atom. The Labute approximate surface area is 213 Å².